The molecule has 0 spiro atoms. The van der Waals surface area contributed by atoms with Gasteiger partial charge in [-0.2, -0.15) is 0 Å². The van der Waals surface area contributed by atoms with Gasteiger partial charge < -0.3 is 28.8 Å². The number of ether oxygens (including phenoxy) is 2. The lowest BCUT2D eigenvalue weighted by Gasteiger charge is -2.50. The molecule has 1 fully saturated rings. The SMILES string of the molecule is CO[C@H]1[C@@H](N(C)C(=O)c2ccc(Cl)cc2)C[C@@H]2O[C@@]1(C)n1c3ccccc3c3c4c(c5c6ccccc6n2c5c31)C(=O)NC4. The number of para-hydroxylation sites is 2. The number of carbonyl (C=O) groups excluding carboxylic acids is 2. The number of methoxy groups -OCH3 is 1. The van der Waals surface area contributed by atoms with Gasteiger partial charge in [0.15, 0.2) is 5.72 Å². The second-order valence-electron chi connectivity index (χ2n) is 12.2. The number of carbonyl (C=O) groups is 2. The molecule has 4 atom stereocenters. The number of nitrogens with zero attached hydrogens (tertiary/aromatic N) is 3. The first-order valence-corrected chi connectivity index (χ1v) is 15.2. The zero-order valence-corrected chi connectivity index (χ0v) is 25.2. The molecule has 220 valence electrons. The molecular weight excluding hydrogens is 576 g/mol. The molecule has 6 aromatic rings. The third-order valence-electron chi connectivity index (χ3n) is 10.1. The highest BCUT2D eigenvalue weighted by molar-refractivity contribution is 6.31. The van der Waals surface area contributed by atoms with Crippen molar-refractivity contribution in [3.05, 3.63) is 94.5 Å². The first kappa shape index (κ1) is 26.1. The van der Waals surface area contributed by atoms with Crippen LogP contribution in [0.15, 0.2) is 72.8 Å². The van der Waals surface area contributed by atoms with Crippen LogP contribution in [0, 0.1) is 0 Å². The number of fused-ring (bicyclic) bond motifs is 13. The Morgan fingerprint density at radius 1 is 1.00 bits per heavy atom. The van der Waals surface area contributed by atoms with Crippen LogP contribution >= 0.6 is 11.6 Å². The molecule has 3 aliphatic heterocycles. The van der Waals surface area contributed by atoms with Crippen LogP contribution < -0.4 is 5.32 Å². The predicted molar refractivity (Wildman–Crippen MR) is 170 cm³/mol. The minimum Gasteiger partial charge on any atom is -0.374 e. The largest absolute Gasteiger partial charge is 0.374 e. The summed E-state index contributed by atoms with van der Waals surface area (Å²) in [5.74, 6) is -0.170. The minimum atomic E-state index is -1.00. The van der Waals surface area contributed by atoms with Gasteiger partial charge in [-0.25, -0.2) is 0 Å². The summed E-state index contributed by atoms with van der Waals surface area (Å²) in [6.45, 7) is 2.54. The quantitative estimate of drug-likeness (QED) is 0.248. The van der Waals surface area contributed by atoms with E-state index in [0.29, 0.717) is 23.6 Å². The molecule has 8 nitrogen and oxygen atoms in total. The number of halogens is 1. The zero-order chi connectivity index (χ0) is 30.1. The van der Waals surface area contributed by atoms with Crippen molar-refractivity contribution in [3.63, 3.8) is 0 Å². The Kier molecular flexibility index (Phi) is 5.24. The van der Waals surface area contributed by atoms with E-state index in [1.807, 2.05) is 31.3 Å². The van der Waals surface area contributed by atoms with Gasteiger partial charge in [-0.3, -0.25) is 9.59 Å². The molecule has 0 radical (unpaired) electrons. The summed E-state index contributed by atoms with van der Waals surface area (Å²) in [5, 5.41) is 7.76. The van der Waals surface area contributed by atoms with Crippen LogP contribution in [0.25, 0.3) is 43.6 Å². The van der Waals surface area contributed by atoms with Crippen LogP contribution in [0.1, 0.15) is 45.9 Å². The lowest BCUT2D eigenvalue weighted by atomic mass is 9.91. The standard InChI is InChI=1S/C35H29ClN4O4/c1-35-32(43-3)25(38(2)34(42)18-12-14-19(36)15-13-18)16-26(44-35)39-23-10-6-4-8-20(23)28-29-22(17-37-33(29)41)27-21-9-5-7-11-24(21)40(35)31(27)30(28)39/h4-15,25-26,32H,16-17H2,1-3H3,(H,37,41)/t25-,26-,32-,35+/m0/s1. The Morgan fingerprint density at radius 3 is 2.41 bits per heavy atom. The zero-order valence-electron chi connectivity index (χ0n) is 24.4. The number of hydrogen-bond donors (Lipinski definition) is 1. The van der Waals surface area contributed by atoms with Gasteiger partial charge in [0.2, 0.25) is 0 Å². The highest BCUT2D eigenvalue weighted by Gasteiger charge is 2.55. The minimum absolute atomic E-state index is 0.0538. The third-order valence-corrected chi connectivity index (χ3v) is 10.4. The summed E-state index contributed by atoms with van der Waals surface area (Å²) in [6, 6.07) is 23.2. The first-order valence-electron chi connectivity index (χ1n) is 14.9. The van der Waals surface area contributed by atoms with Crippen LogP contribution in [0.2, 0.25) is 5.02 Å². The molecule has 9 heteroatoms. The van der Waals surface area contributed by atoms with Crippen molar-refractivity contribution in [1.82, 2.24) is 19.4 Å². The van der Waals surface area contributed by atoms with Gasteiger partial charge in [0.25, 0.3) is 11.8 Å². The van der Waals surface area contributed by atoms with Crippen LogP contribution in [0.3, 0.4) is 0 Å². The van der Waals surface area contributed by atoms with Crippen molar-refractivity contribution in [3.8, 4) is 0 Å². The summed E-state index contributed by atoms with van der Waals surface area (Å²) in [7, 11) is 3.53. The molecule has 2 bridgehead atoms. The van der Waals surface area contributed by atoms with Gasteiger partial charge in [-0.1, -0.05) is 48.0 Å². The summed E-state index contributed by atoms with van der Waals surface area (Å²) in [6.07, 6.45) is -0.466. The van der Waals surface area contributed by atoms with Crippen LogP contribution in [-0.4, -0.2) is 52.2 Å². The van der Waals surface area contributed by atoms with Gasteiger partial charge in [0.05, 0.1) is 33.7 Å². The maximum absolute atomic E-state index is 14.0. The summed E-state index contributed by atoms with van der Waals surface area (Å²) in [5.41, 5.74) is 5.28. The third kappa shape index (κ3) is 3.10. The Balaban J connectivity index is 1.40. The molecule has 1 N–H and O–H groups in total. The molecule has 0 saturated carbocycles. The lowest BCUT2D eigenvalue weighted by Crippen LogP contribution is -2.61. The number of hydrogen-bond acceptors (Lipinski definition) is 4. The summed E-state index contributed by atoms with van der Waals surface area (Å²) < 4.78 is 18.1. The van der Waals surface area contributed by atoms with Crippen molar-refractivity contribution >= 4 is 67.0 Å². The molecule has 5 heterocycles. The van der Waals surface area contributed by atoms with Crippen LogP contribution in [-0.2, 0) is 21.7 Å². The van der Waals surface area contributed by atoms with E-state index < -0.39 is 18.1 Å². The topological polar surface area (TPSA) is 77.7 Å². The van der Waals surface area contributed by atoms with Crippen molar-refractivity contribution in [2.75, 3.05) is 14.2 Å². The normalized spacial score (nSPS) is 23.9. The number of nitrogens with one attached hydrogen (secondary N) is 1. The van der Waals surface area contributed by atoms with E-state index in [0.717, 1.165) is 54.7 Å². The Labute approximate surface area is 257 Å². The molecule has 1 saturated heterocycles. The Bertz CT molecular complexity index is 2240. The lowest BCUT2D eigenvalue weighted by molar-refractivity contribution is -0.264. The van der Waals surface area contributed by atoms with Crippen molar-refractivity contribution < 1.29 is 19.1 Å². The maximum Gasteiger partial charge on any atom is 0.253 e. The van der Waals surface area contributed by atoms with Crippen molar-refractivity contribution in [1.29, 1.82) is 0 Å². The first-order chi connectivity index (χ1) is 21.3. The van der Waals surface area contributed by atoms with Gasteiger partial charge in [0.1, 0.15) is 12.3 Å². The Hall–Kier alpha value is -4.37. The van der Waals surface area contributed by atoms with Crippen molar-refractivity contribution in [2.24, 2.45) is 0 Å². The second-order valence-corrected chi connectivity index (χ2v) is 12.7. The highest BCUT2D eigenvalue weighted by Crippen LogP contribution is 2.54. The fourth-order valence-electron chi connectivity index (χ4n) is 8.34. The molecule has 0 aliphatic carbocycles. The fraction of sp³-hybridized carbons (Fsp3) is 0.257. The number of rotatable bonds is 3. The van der Waals surface area contributed by atoms with Gasteiger partial charge in [0, 0.05) is 59.3 Å². The summed E-state index contributed by atoms with van der Waals surface area (Å²) in [4.78, 5) is 29.3. The fourth-order valence-corrected chi connectivity index (χ4v) is 8.46. The predicted octanol–water partition coefficient (Wildman–Crippen LogP) is 6.56. The molecule has 3 aliphatic rings. The van der Waals surface area contributed by atoms with Gasteiger partial charge in [-0.05, 0) is 48.9 Å². The maximum atomic E-state index is 14.0. The highest BCUT2D eigenvalue weighted by atomic mass is 35.5. The molecule has 2 amide bonds. The molecular formula is C35H29ClN4O4. The molecule has 4 aromatic carbocycles. The van der Waals surface area contributed by atoms with Gasteiger partial charge in [-0.15, -0.1) is 0 Å². The average molecular weight is 605 g/mol. The second kappa shape index (κ2) is 8.85. The Morgan fingerprint density at radius 2 is 1.68 bits per heavy atom. The van der Waals surface area contributed by atoms with E-state index in [4.69, 9.17) is 21.1 Å². The van der Waals surface area contributed by atoms with E-state index in [1.54, 1.807) is 36.3 Å². The van der Waals surface area contributed by atoms with Crippen LogP contribution in [0.5, 0.6) is 0 Å². The van der Waals surface area contributed by atoms with E-state index in [9.17, 15) is 9.59 Å². The van der Waals surface area contributed by atoms with Gasteiger partial charge >= 0.3 is 0 Å². The number of amides is 2. The molecule has 0 unspecified atom stereocenters. The monoisotopic (exact) mass is 604 g/mol. The molecule has 44 heavy (non-hydrogen) atoms. The number of likely N-dealkylation sites (N-methyl/N-ethyl adjacent to an activating group) is 1. The number of aromatic nitrogens is 2. The average Bonchev–Trinajstić information content (AvgIpc) is 3.68. The molecule has 2 aromatic heterocycles. The smallest absolute Gasteiger partial charge is 0.253 e. The van der Waals surface area contributed by atoms with E-state index in [2.05, 4.69) is 45.6 Å². The number of benzene rings is 4. The van der Waals surface area contributed by atoms with Crippen LogP contribution in [0.4, 0.5) is 0 Å². The van der Waals surface area contributed by atoms with E-state index in [-0.39, 0.29) is 17.9 Å². The summed E-state index contributed by atoms with van der Waals surface area (Å²) >= 11 is 6.14. The van der Waals surface area contributed by atoms with Crippen molar-refractivity contribution in [2.45, 2.75) is 44.0 Å². The van der Waals surface area contributed by atoms with E-state index >= 15 is 0 Å². The van der Waals surface area contributed by atoms with E-state index in [1.165, 1.54) is 0 Å². The molecule has 9 rings (SSSR count).